The van der Waals surface area contributed by atoms with E-state index in [4.69, 9.17) is 4.74 Å². The van der Waals surface area contributed by atoms with Crippen molar-refractivity contribution in [2.24, 2.45) is 0 Å². The summed E-state index contributed by atoms with van der Waals surface area (Å²) in [5.41, 5.74) is -0.641. The highest BCUT2D eigenvalue weighted by atomic mass is 19.3. The highest BCUT2D eigenvalue weighted by molar-refractivity contribution is 5.06. The van der Waals surface area contributed by atoms with Crippen LogP contribution in [0.1, 0.15) is 40.0 Å². The van der Waals surface area contributed by atoms with Crippen molar-refractivity contribution in [3.8, 4) is 0 Å². The molecule has 0 bridgehead atoms. The van der Waals surface area contributed by atoms with Crippen LogP contribution in [0.25, 0.3) is 0 Å². The highest BCUT2D eigenvalue weighted by Crippen LogP contribution is 2.46. The third-order valence-electron chi connectivity index (χ3n) is 3.52. The molecule has 1 atom stereocenters. The summed E-state index contributed by atoms with van der Waals surface area (Å²) in [6.45, 7) is 7.05. The van der Waals surface area contributed by atoms with E-state index >= 15 is 0 Å². The average Bonchev–Trinajstić information content (AvgIpc) is 2.52. The largest absolute Gasteiger partial charge is 0.374 e. The van der Waals surface area contributed by atoms with Crippen LogP contribution < -0.4 is 0 Å². The molecule has 0 aromatic heterocycles. The van der Waals surface area contributed by atoms with Crippen LogP contribution in [-0.2, 0) is 4.74 Å². The van der Waals surface area contributed by atoms with Gasteiger partial charge in [0.2, 0.25) is 0 Å². The summed E-state index contributed by atoms with van der Waals surface area (Å²) in [5, 5.41) is 0. The number of halogens is 2. The van der Waals surface area contributed by atoms with Gasteiger partial charge in [0.25, 0.3) is 5.92 Å². The Bertz CT molecular complexity index is 275. The van der Waals surface area contributed by atoms with Gasteiger partial charge in [-0.25, -0.2) is 8.78 Å². The van der Waals surface area contributed by atoms with Crippen LogP contribution in [0.5, 0.6) is 0 Å². The van der Waals surface area contributed by atoms with E-state index in [-0.39, 0.29) is 18.6 Å². The lowest BCUT2D eigenvalue weighted by molar-refractivity contribution is -0.0558. The first-order valence-electron chi connectivity index (χ1n) is 5.99. The lowest BCUT2D eigenvalue weighted by Gasteiger charge is -2.34. The summed E-state index contributed by atoms with van der Waals surface area (Å²) in [6, 6.07) is 0. The summed E-state index contributed by atoms with van der Waals surface area (Å²) < 4.78 is 32.6. The van der Waals surface area contributed by atoms with Gasteiger partial charge >= 0.3 is 0 Å². The molecule has 0 spiro atoms. The zero-order valence-corrected chi connectivity index (χ0v) is 10.4. The summed E-state index contributed by atoms with van der Waals surface area (Å²) in [4.78, 5) is 1.93. The van der Waals surface area contributed by atoms with Gasteiger partial charge < -0.3 is 4.74 Å². The summed E-state index contributed by atoms with van der Waals surface area (Å²) >= 11 is 0. The Balaban J connectivity index is 2.05. The molecule has 16 heavy (non-hydrogen) atoms. The topological polar surface area (TPSA) is 12.5 Å². The highest BCUT2D eigenvalue weighted by Gasteiger charge is 2.56. The van der Waals surface area contributed by atoms with Gasteiger partial charge in [-0.15, -0.1) is 0 Å². The third-order valence-corrected chi connectivity index (χ3v) is 3.52. The molecular weight excluding hydrogens is 212 g/mol. The van der Waals surface area contributed by atoms with Crippen molar-refractivity contribution >= 4 is 0 Å². The monoisotopic (exact) mass is 233 g/mol. The maximum absolute atomic E-state index is 13.4. The van der Waals surface area contributed by atoms with E-state index in [9.17, 15) is 8.78 Å². The maximum Gasteiger partial charge on any atom is 0.262 e. The molecule has 2 nitrogen and oxygen atoms in total. The Labute approximate surface area is 95.9 Å². The van der Waals surface area contributed by atoms with Gasteiger partial charge in [-0.05, 0) is 40.2 Å². The number of fused-ring (bicyclic) bond motifs is 1. The van der Waals surface area contributed by atoms with Crippen LogP contribution in [0.15, 0.2) is 0 Å². The van der Waals surface area contributed by atoms with E-state index < -0.39 is 11.5 Å². The van der Waals surface area contributed by atoms with Crippen molar-refractivity contribution in [2.45, 2.75) is 57.1 Å². The Morgan fingerprint density at radius 2 is 2.00 bits per heavy atom. The fraction of sp³-hybridized carbons (Fsp3) is 1.00. The van der Waals surface area contributed by atoms with Crippen molar-refractivity contribution < 1.29 is 13.5 Å². The van der Waals surface area contributed by atoms with E-state index in [1.807, 2.05) is 25.7 Å². The fourth-order valence-electron chi connectivity index (χ4n) is 2.82. The predicted molar refractivity (Wildman–Crippen MR) is 58.8 cm³/mol. The number of hydrogen-bond acceptors (Lipinski definition) is 2. The standard InChI is InChI=1S/C12H21F2NO/c1-10(2,3)16-9-11-5-4-6-15(11)8-12(13,14)7-11/h4-9H2,1-3H3. The SMILES string of the molecule is CC(C)(C)OCC12CCCN1CC(F)(F)C2. The van der Waals surface area contributed by atoms with Crippen LogP contribution in [0.3, 0.4) is 0 Å². The molecule has 2 aliphatic heterocycles. The van der Waals surface area contributed by atoms with E-state index in [0.717, 1.165) is 19.4 Å². The number of rotatable bonds is 2. The minimum absolute atomic E-state index is 0.0317. The Morgan fingerprint density at radius 3 is 2.62 bits per heavy atom. The minimum Gasteiger partial charge on any atom is -0.374 e. The molecule has 94 valence electrons. The van der Waals surface area contributed by atoms with Gasteiger partial charge in [-0.1, -0.05) is 0 Å². The first-order valence-corrected chi connectivity index (χ1v) is 5.99. The van der Waals surface area contributed by atoms with Crippen LogP contribution in [0, 0.1) is 0 Å². The van der Waals surface area contributed by atoms with Crippen molar-refractivity contribution in [1.29, 1.82) is 0 Å². The number of ether oxygens (including phenoxy) is 1. The second-order valence-electron chi connectivity index (χ2n) is 6.18. The quantitative estimate of drug-likeness (QED) is 0.727. The van der Waals surface area contributed by atoms with Crippen LogP contribution in [-0.4, -0.2) is 41.7 Å². The second kappa shape index (κ2) is 3.64. The normalized spacial score (nSPS) is 34.3. The Hall–Kier alpha value is -0.220. The average molecular weight is 233 g/mol. The number of alkyl halides is 2. The van der Waals surface area contributed by atoms with Gasteiger partial charge in [0.1, 0.15) is 0 Å². The summed E-state index contributed by atoms with van der Waals surface area (Å²) in [5.74, 6) is -2.53. The molecular formula is C12H21F2NO. The lowest BCUT2D eigenvalue weighted by atomic mass is 9.94. The maximum atomic E-state index is 13.4. The van der Waals surface area contributed by atoms with Crippen LogP contribution >= 0.6 is 0 Å². The molecule has 0 N–H and O–H groups in total. The smallest absolute Gasteiger partial charge is 0.262 e. The molecule has 4 heteroatoms. The molecule has 2 aliphatic rings. The molecule has 0 aromatic carbocycles. The zero-order valence-electron chi connectivity index (χ0n) is 10.4. The minimum atomic E-state index is -2.53. The Kier molecular flexibility index (Phi) is 2.78. The van der Waals surface area contributed by atoms with Crippen LogP contribution in [0.4, 0.5) is 8.78 Å². The third kappa shape index (κ3) is 2.38. The second-order valence-corrected chi connectivity index (χ2v) is 6.18. The van der Waals surface area contributed by atoms with Gasteiger partial charge in [0.05, 0.1) is 24.3 Å². The molecule has 2 rings (SSSR count). The van der Waals surface area contributed by atoms with Crippen molar-refractivity contribution in [1.82, 2.24) is 4.90 Å². The molecule has 2 heterocycles. The van der Waals surface area contributed by atoms with E-state index in [2.05, 4.69) is 0 Å². The first-order chi connectivity index (χ1) is 7.23. The van der Waals surface area contributed by atoms with Gasteiger partial charge in [0.15, 0.2) is 0 Å². The molecule has 0 aromatic rings. The summed E-state index contributed by atoms with van der Waals surface area (Å²) in [6.07, 6.45) is 1.83. The van der Waals surface area contributed by atoms with Gasteiger partial charge in [-0.3, -0.25) is 4.90 Å². The van der Waals surface area contributed by atoms with Gasteiger partial charge in [-0.2, -0.15) is 0 Å². The fourth-order valence-corrected chi connectivity index (χ4v) is 2.82. The number of nitrogens with zero attached hydrogens (tertiary/aromatic N) is 1. The molecule has 0 saturated carbocycles. The molecule has 0 aliphatic carbocycles. The van der Waals surface area contributed by atoms with Crippen molar-refractivity contribution in [3.63, 3.8) is 0 Å². The van der Waals surface area contributed by atoms with E-state index in [1.165, 1.54) is 0 Å². The van der Waals surface area contributed by atoms with Crippen molar-refractivity contribution in [2.75, 3.05) is 19.7 Å². The first kappa shape index (κ1) is 12.2. The van der Waals surface area contributed by atoms with Crippen LogP contribution in [0.2, 0.25) is 0 Å². The molecule has 2 fully saturated rings. The molecule has 0 amide bonds. The van der Waals surface area contributed by atoms with Gasteiger partial charge in [0, 0.05) is 6.42 Å². The summed E-state index contributed by atoms with van der Waals surface area (Å²) in [7, 11) is 0. The van der Waals surface area contributed by atoms with E-state index in [0.29, 0.717) is 6.61 Å². The van der Waals surface area contributed by atoms with E-state index in [1.54, 1.807) is 0 Å². The number of hydrogen-bond donors (Lipinski definition) is 0. The lowest BCUT2D eigenvalue weighted by Crippen LogP contribution is -2.44. The molecule has 0 radical (unpaired) electrons. The Morgan fingerprint density at radius 1 is 1.31 bits per heavy atom. The predicted octanol–water partition coefficient (Wildman–Crippen LogP) is 2.68. The van der Waals surface area contributed by atoms with Crippen molar-refractivity contribution in [3.05, 3.63) is 0 Å². The molecule has 2 saturated heterocycles. The molecule has 1 unspecified atom stereocenters. The zero-order chi connectivity index (χ0) is 12.0.